The number of aromatic nitrogens is 3. The molecule has 0 aliphatic rings. The van der Waals surface area contributed by atoms with Crippen LogP contribution in [-0.4, -0.2) is 15.2 Å². The van der Waals surface area contributed by atoms with Crippen molar-refractivity contribution in [2.75, 3.05) is 5.73 Å². The number of rotatable bonds is 2. The fourth-order valence-electron chi connectivity index (χ4n) is 2.14. The van der Waals surface area contributed by atoms with Crippen LogP contribution >= 0.6 is 11.3 Å². The van der Waals surface area contributed by atoms with E-state index in [2.05, 4.69) is 34.2 Å². The summed E-state index contributed by atoms with van der Waals surface area (Å²) in [6, 6.07) is 8.17. The van der Waals surface area contributed by atoms with Crippen molar-refractivity contribution < 1.29 is 0 Å². The van der Waals surface area contributed by atoms with Crippen LogP contribution in [0.25, 0.3) is 21.7 Å². The fourth-order valence-corrected chi connectivity index (χ4v) is 2.92. The van der Waals surface area contributed by atoms with E-state index >= 15 is 0 Å². The van der Waals surface area contributed by atoms with Gasteiger partial charge in [0.15, 0.2) is 5.82 Å². The Bertz CT molecular complexity index is 727. The smallest absolute Gasteiger partial charge is 0.153 e. The Hall–Kier alpha value is -2.14. The molecule has 0 unspecified atom stereocenters. The van der Waals surface area contributed by atoms with E-state index < -0.39 is 0 Å². The number of nitrogens with zero attached hydrogens (tertiary/aromatic N) is 2. The molecule has 3 N–H and O–H groups in total. The van der Waals surface area contributed by atoms with Gasteiger partial charge in [-0.2, -0.15) is 5.10 Å². The molecule has 0 aliphatic heterocycles. The lowest BCUT2D eigenvalue weighted by Gasteiger charge is -2.06. The molecule has 4 nitrogen and oxygen atoms in total. The minimum atomic E-state index is 0.523. The minimum Gasteiger partial charge on any atom is -0.382 e. The number of hydrogen-bond donors (Lipinski definition) is 2. The van der Waals surface area contributed by atoms with E-state index in [-0.39, 0.29) is 0 Å². The molecule has 19 heavy (non-hydrogen) atoms. The van der Waals surface area contributed by atoms with Crippen LogP contribution in [0.5, 0.6) is 0 Å². The first kappa shape index (κ1) is 11.9. The van der Waals surface area contributed by atoms with Crippen LogP contribution in [0.1, 0.15) is 10.6 Å². The summed E-state index contributed by atoms with van der Waals surface area (Å²) in [5.74, 6) is 0.523. The maximum Gasteiger partial charge on any atom is 0.153 e. The SMILES string of the molecule is Cc1ncc(-c2[nH]nc(N)c2-c2ccccc2C)s1. The second-order valence-corrected chi connectivity index (χ2v) is 5.65. The zero-order chi connectivity index (χ0) is 13.4. The van der Waals surface area contributed by atoms with Crippen molar-refractivity contribution in [2.24, 2.45) is 0 Å². The highest BCUT2D eigenvalue weighted by atomic mass is 32.1. The second kappa shape index (κ2) is 4.51. The van der Waals surface area contributed by atoms with E-state index in [1.807, 2.05) is 25.3 Å². The summed E-state index contributed by atoms with van der Waals surface area (Å²) < 4.78 is 0. The largest absolute Gasteiger partial charge is 0.382 e. The number of nitrogens with one attached hydrogen (secondary N) is 1. The molecule has 0 aliphatic carbocycles. The lowest BCUT2D eigenvalue weighted by molar-refractivity contribution is 1.10. The predicted octanol–water partition coefficient (Wildman–Crippen LogP) is 3.40. The summed E-state index contributed by atoms with van der Waals surface area (Å²) in [6.07, 6.45) is 1.86. The number of thiazole rings is 1. The van der Waals surface area contributed by atoms with Crippen molar-refractivity contribution in [2.45, 2.75) is 13.8 Å². The molecule has 0 saturated carbocycles. The molecular weight excluding hydrogens is 256 g/mol. The Labute approximate surface area is 115 Å². The van der Waals surface area contributed by atoms with E-state index in [4.69, 9.17) is 5.73 Å². The van der Waals surface area contributed by atoms with Crippen LogP contribution in [0, 0.1) is 13.8 Å². The highest BCUT2D eigenvalue weighted by Crippen LogP contribution is 2.38. The van der Waals surface area contributed by atoms with Crippen molar-refractivity contribution >= 4 is 17.2 Å². The molecule has 5 heteroatoms. The van der Waals surface area contributed by atoms with Crippen LogP contribution in [0.15, 0.2) is 30.5 Å². The average Bonchev–Trinajstić information content (AvgIpc) is 2.96. The van der Waals surface area contributed by atoms with E-state index in [9.17, 15) is 0 Å². The standard InChI is InChI=1S/C14H14N4S/c1-8-5-3-4-6-10(8)12-13(17-18-14(12)15)11-7-16-9(2)19-11/h3-7H,1-2H3,(H3,15,17,18). The van der Waals surface area contributed by atoms with Gasteiger partial charge in [0.1, 0.15) is 0 Å². The van der Waals surface area contributed by atoms with Gasteiger partial charge in [0.25, 0.3) is 0 Å². The molecule has 2 heterocycles. The molecule has 3 aromatic rings. The van der Waals surface area contributed by atoms with Crippen LogP contribution in [0.4, 0.5) is 5.82 Å². The lowest BCUT2D eigenvalue weighted by atomic mass is 10.00. The first-order valence-electron chi connectivity index (χ1n) is 5.99. The monoisotopic (exact) mass is 270 g/mol. The van der Waals surface area contributed by atoms with Crippen LogP contribution in [0.3, 0.4) is 0 Å². The number of benzene rings is 1. The van der Waals surface area contributed by atoms with Gasteiger partial charge >= 0.3 is 0 Å². The van der Waals surface area contributed by atoms with Gasteiger partial charge < -0.3 is 5.73 Å². The molecule has 0 radical (unpaired) electrons. The molecule has 96 valence electrons. The molecule has 0 atom stereocenters. The van der Waals surface area contributed by atoms with Crippen molar-refractivity contribution in [3.63, 3.8) is 0 Å². The van der Waals surface area contributed by atoms with E-state index in [0.29, 0.717) is 5.82 Å². The third kappa shape index (κ3) is 2.02. The van der Waals surface area contributed by atoms with Gasteiger partial charge in [-0.15, -0.1) is 11.3 Å². The Morgan fingerprint density at radius 1 is 1.21 bits per heavy atom. The fraction of sp³-hybridized carbons (Fsp3) is 0.143. The van der Waals surface area contributed by atoms with E-state index in [1.54, 1.807) is 11.3 Å². The van der Waals surface area contributed by atoms with Crippen molar-refractivity contribution in [1.29, 1.82) is 0 Å². The number of aryl methyl sites for hydroxylation is 2. The van der Waals surface area contributed by atoms with Gasteiger partial charge in [-0.3, -0.25) is 5.10 Å². The quantitative estimate of drug-likeness (QED) is 0.750. The predicted molar refractivity (Wildman–Crippen MR) is 79.0 cm³/mol. The average molecular weight is 270 g/mol. The zero-order valence-corrected chi connectivity index (χ0v) is 11.6. The topological polar surface area (TPSA) is 67.6 Å². The molecule has 3 rings (SSSR count). The molecule has 0 saturated heterocycles. The highest BCUT2D eigenvalue weighted by molar-refractivity contribution is 7.15. The molecule has 0 fully saturated rings. The number of anilines is 1. The van der Waals surface area contributed by atoms with Gasteiger partial charge in [0.2, 0.25) is 0 Å². The van der Waals surface area contributed by atoms with Crippen molar-refractivity contribution in [1.82, 2.24) is 15.2 Å². The van der Waals surface area contributed by atoms with Gasteiger partial charge in [0.05, 0.1) is 21.1 Å². The second-order valence-electron chi connectivity index (χ2n) is 4.42. The summed E-state index contributed by atoms with van der Waals surface area (Å²) in [5.41, 5.74) is 10.2. The van der Waals surface area contributed by atoms with E-state index in [1.165, 1.54) is 5.56 Å². The number of aromatic amines is 1. The number of nitrogens with two attached hydrogens (primary N) is 1. The van der Waals surface area contributed by atoms with Crippen LogP contribution < -0.4 is 5.73 Å². The first-order valence-corrected chi connectivity index (χ1v) is 6.81. The number of nitrogen functional groups attached to an aromatic ring is 1. The van der Waals surface area contributed by atoms with Gasteiger partial charge in [-0.1, -0.05) is 24.3 Å². The molecule has 1 aromatic carbocycles. The van der Waals surface area contributed by atoms with Gasteiger partial charge in [0, 0.05) is 6.20 Å². The van der Waals surface area contributed by atoms with Gasteiger partial charge in [-0.05, 0) is 25.0 Å². The Morgan fingerprint density at radius 2 is 2.00 bits per heavy atom. The van der Waals surface area contributed by atoms with Crippen LogP contribution in [0.2, 0.25) is 0 Å². The Balaban J connectivity index is 2.22. The molecule has 0 spiro atoms. The van der Waals surface area contributed by atoms with Crippen LogP contribution in [-0.2, 0) is 0 Å². The third-order valence-electron chi connectivity index (χ3n) is 3.08. The van der Waals surface area contributed by atoms with Crippen molar-refractivity contribution in [3.05, 3.63) is 41.0 Å². The maximum atomic E-state index is 6.03. The summed E-state index contributed by atoms with van der Waals surface area (Å²) in [6.45, 7) is 4.06. The lowest BCUT2D eigenvalue weighted by Crippen LogP contribution is -1.90. The van der Waals surface area contributed by atoms with Gasteiger partial charge in [-0.25, -0.2) is 4.98 Å². The summed E-state index contributed by atoms with van der Waals surface area (Å²) in [7, 11) is 0. The zero-order valence-electron chi connectivity index (χ0n) is 10.8. The highest BCUT2D eigenvalue weighted by Gasteiger charge is 2.17. The molecular formula is C14H14N4S. The summed E-state index contributed by atoms with van der Waals surface area (Å²) in [5, 5.41) is 8.20. The molecule has 0 amide bonds. The summed E-state index contributed by atoms with van der Waals surface area (Å²) >= 11 is 1.63. The summed E-state index contributed by atoms with van der Waals surface area (Å²) in [4.78, 5) is 5.34. The van der Waals surface area contributed by atoms with E-state index in [0.717, 1.165) is 26.7 Å². The first-order chi connectivity index (χ1) is 9.16. The molecule has 2 aromatic heterocycles. The number of hydrogen-bond acceptors (Lipinski definition) is 4. The Kier molecular flexibility index (Phi) is 2.83. The Morgan fingerprint density at radius 3 is 2.68 bits per heavy atom. The van der Waals surface area contributed by atoms with Crippen molar-refractivity contribution in [3.8, 4) is 21.7 Å². The maximum absolute atomic E-state index is 6.03. The third-order valence-corrected chi connectivity index (χ3v) is 4.01. The number of H-pyrrole nitrogens is 1. The minimum absolute atomic E-state index is 0.523. The normalized spacial score (nSPS) is 10.8. The molecule has 0 bridgehead atoms.